The lowest BCUT2D eigenvalue weighted by atomic mass is 9.93. The van der Waals surface area contributed by atoms with Crippen molar-refractivity contribution in [3.8, 4) is 5.75 Å². The minimum atomic E-state index is -1.15. The molecule has 0 amide bonds. The molecule has 7 unspecified atom stereocenters. The van der Waals surface area contributed by atoms with E-state index in [1.54, 1.807) is 0 Å². The number of fused-ring (bicyclic) bond motifs is 1. The number of benzene rings is 2. The van der Waals surface area contributed by atoms with E-state index < -0.39 is 43.6 Å². The predicted molar refractivity (Wildman–Crippen MR) is 137 cm³/mol. The number of aryl methyl sites for hydroxylation is 1. The molecule has 0 aromatic heterocycles. The van der Waals surface area contributed by atoms with Gasteiger partial charge in [-0.2, -0.15) is 0 Å². The largest absolute Gasteiger partial charge is 0.494 e. The van der Waals surface area contributed by atoms with E-state index in [1.807, 2.05) is 48.5 Å². The van der Waals surface area contributed by atoms with Crippen LogP contribution in [0, 0.1) is 0 Å². The molecule has 2 heterocycles. The van der Waals surface area contributed by atoms with Crippen molar-refractivity contribution < 1.29 is 39.0 Å². The van der Waals surface area contributed by atoms with Crippen LogP contribution in [0.15, 0.2) is 48.5 Å². The Kier molecular flexibility index (Phi) is 10.3. The molecule has 2 aromatic carbocycles. The highest BCUT2D eigenvalue weighted by molar-refractivity contribution is 5.28. The first-order chi connectivity index (χ1) is 18.1. The maximum absolute atomic E-state index is 10.7. The van der Waals surface area contributed by atoms with Crippen molar-refractivity contribution in [1.29, 1.82) is 0 Å². The third-order valence-corrected chi connectivity index (χ3v) is 6.79. The third kappa shape index (κ3) is 6.89. The highest BCUT2D eigenvalue weighted by Crippen LogP contribution is 2.42. The first kappa shape index (κ1) is 28.0. The Balaban J connectivity index is 1.55. The molecule has 0 bridgehead atoms. The van der Waals surface area contributed by atoms with E-state index >= 15 is 0 Å². The van der Waals surface area contributed by atoms with Gasteiger partial charge in [-0.15, -0.1) is 0 Å². The van der Waals surface area contributed by atoms with Crippen LogP contribution in [0.2, 0.25) is 0 Å². The van der Waals surface area contributed by atoms with Crippen molar-refractivity contribution in [2.24, 2.45) is 0 Å². The fourth-order valence-corrected chi connectivity index (χ4v) is 4.83. The summed E-state index contributed by atoms with van der Waals surface area (Å²) in [4.78, 5) is 0. The first-order valence-corrected chi connectivity index (χ1v) is 13.4. The predicted octanol–water partition coefficient (Wildman–Crippen LogP) is 3.82. The molecule has 2 aliphatic heterocycles. The van der Waals surface area contributed by atoms with E-state index in [1.165, 1.54) is 0 Å². The highest BCUT2D eigenvalue weighted by atomic mass is 16.8. The molecule has 4 rings (SSSR count). The number of aliphatic hydroxyl groups is 3. The molecule has 7 atom stereocenters. The Bertz CT molecular complexity index is 934. The van der Waals surface area contributed by atoms with Crippen LogP contribution in [0.5, 0.6) is 5.75 Å². The molecule has 0 aliphatic carbocycles. The highest BCUT2D eigenvalue weighted by Gasteiger charge is 2.51. The molecule has 2 aromatic rings. The van der Waals surface area contributed by atoms with Gasteiger partial charge in [0, 0.05) is 17.7 Å². The van der Waals surface area contributed by atoms with Gasteiger partial charge in [-0.05, 0) is 43.4 Å². The zero-order valence-electron chi connectivity index (χ0n) is 21.7. The summed E-state index contributed by atoms with van der Waals surface area (Å²) in [7, 11) is 0. The van der Waals surface area contributed by atoms with E-state index in [0.717, 1.165) is 48.1 Å². The van der Waals surface area contributed by atoms with Gasteiger partial charge in [-0.25, -0.2) is 0 Å². The van der Waals surface area contributed by atoms with Gasteiger partial charge < -0.3 is 39.0 Å². The Hall–Kier alpha value is -2.04. The lowest BCUT2D eigenvalue weighted by Crippen LogP contribution is -2.61. The van der Waals surface area contributed by atoms with Crippen LogP contribution in [0.25, 0.3) is 0 Å². The van der Waals surface area contributed by atoms with Crippen molar-refractivity contribution in [2.45, 2.75) is 89.1 Å². The van der Waals surface area contributed by atoms with Crippen LogP contribution >= 0.6 is 0 Å². The molecule has 8 heteroatoms. The molecule has 0 spiro atoms. The fraction of sp³-hybridized carbons (Fsp3) is 0.586. The van der Waals surface area contributed by atoms with Crippen LogP contribution in [-0.4, -0.2) is 65.7 Å². The van der Waals surface area contributed by atoms with Gasteiger partial charge in [0.25, 0.3) is 0 Å². The zero-order valence-corrected chi connectivity index (χ0v) is 21.7. The molecule has 3 N–H and O–H groups in total. The summed E-state index contributed by atoms with van der Waals surface area (Å²) in [5.41, 5.74) is 2.77. The molecule has 204 valence electrons. The second-order valence-corrected chi connectivity index (χ2v) is 9.67. The SMILES string of the molecule is CCCOc1ccc(C2OC(C(O)CO)C3OC(c4ccc(CCCO)cc4)OC(CCC)C3O2)cc1. The topological polar surface area (TPSA) is 107 Å². The second-order valence-electron chi connectivity index (χ2n) is 9.67. The normalized spacial score (nSPS) is 28.5. The Labute approximate surface area is 219 Å². The van der Waals surface area contributed by atoms with Crippen molar-refractivity contribution in [3.63, 3.8) is 0 Å². The lowest BCUT2D eigenvalue weighted by molar-refractivity contribution is -0.391. The average Bonchev–Trinajstić information content (AvgIpc) is 2.94. The summed E-state index contributed by atoms with van der Waals surface area (Å²) < 4.78 is 31.1. The smallest absolute Gasteiger partial charge is 0.184 e. The molecule has 0 saturated carbocycles. The zero-order chi connectivity index (χ0) is 26.2. The third-order valence-electron chi connectivity index (χ3n) is 6.79. The van der Waals surface area contributed by atoms with Gasteiger partial charge in [0.05, 0.1) is 19.3 Å². The quantitative estimate of drug-likeness (QED) is 0.391. The molecule has 8 nitrogen and oxygen atoms in total. The molecule has 2 saturated heterocycles. The standard InChI is InChI=1S/C29H40O8/c1-3-6-24-26-27(37-28(34-24)20-10-8-19(9-11-20)7-5-16-30)25(23(32)18-31)35-29(36-26)21-12-14-22(15-13-21)33-17-4-2/h8-15,23-32H,3-7,16-18H2,1-2H3. The average molecular weight is 517 g/mol. The molecule has 37 heavy (non-hydrogen) atoms. The monoisotopic (exact) mass is 516 g/mol. The molecular weight excluding hydrogens is 476 g/mol. The van der Waals surface area contributed by atoms with Gasteiger partial charge >= 0.3 is 0 Å². The maximum Gasteiger partial charge on any atom is 0.184 e. The van der Waals surface area contributed by atoms with Gasteiger partial charge in [-0.3, -0.25) is 0 Å². The summed E-state index contributed by atoms with van der Waals surface area (Å²) in [5.74, 6) is 0.768. The van der Waals surface area contributed by atoms with Crippen molar-refractivity contribution >= 4 is 0 Å². The molecule has 2 aliphatic rings. The minimum absolute atomic E-state index is 0.157. The Morgan fingerprint density at radius 1 is 0.811 bits per heavy atom. The van der Waals surface area contributed by atoms with Crippen LogP contribution in [0.3, 0.4) is 0 Å². The van der Waals surface area contributed by atoms with E-state index in [9.17, 15) is 10.2 Å². The van der Waals surface area contributed by atoms with Gasteiger partial charge in [0.15, 0.2) is 12.6 Å². The van der Waals surface area contributed by atoms with E-state index in [0.29, 0.717) is 13.0 Å². The number of ether oxygens (including phenoxy) is 5. The fourth-order valence-electron chi connectivity index (χ4n) is 4.83. The number of hydrogen-bond donors (Lipinski definition) is 3. The second kappa shape index (κ2) is 13.7. The summed E-state index contributed by atoms with van der Waals surface area (Å²) in [6.45, 7) is 4.48. The van der Waals surface area contributed by atoms with E-state index in [4.69, 9.17) is 28.8 Å². The van der Waals surface area contributed by atoms with Crippen LogP contribution in [0.4, 0.5) is 0 Å². The molecule has 0 radical (unpaired) electrons. The van der Waals surface area contributed by atoms with Gasteiger partial charge in [-0.1, -0.05) is 56.7 Å². The summed E-state index contributed by atoms with van der Waals surface area (Å²) in [6, 6.07) is 15.5. The Morgan fingerprint density at radius 3 is 2.08 bits per heavy atom. The van der Waals surface area contributed by atoms with Gasteiger partial charge in [0.1, 0.15) is 30.2 Å². The van der Waals surface area contributed by atoms with Crippen LogP contribution in [0.1, 0.15) is 68.8 Å². The van der Waals surface area contributed by atoms with Crippen LogP contribution in [-0.2, 0) is 25.4 Å². The number of rotatable bonds is 12. The van der Waals surface area contributed by atoms with Crippen molar-refractivity contribution in [3.05, 3.63) is 65.2 Å². The lowest BCUT2D eigenvalue weighted by Gasteiger charge is -2.50. The van der Waals surface area contributed by atoms with Gasteiger partial charge in [0.2, 0.25) is 0 Å². The molecule has 2 fully saturated rings. The first-order valence-electron chi connectivity index (χ1n) is 13.4. The van der Waals surface area contributed by atoms with Crippen LogP contribution < -0.4 is 4.74 Å². The maximum atomic E-state index is 10.7. The molecular formula is C29H40O8. The van der Waals surface area contributed by atoms with Crippen molar-refractivity contribution in [1.82, 2.24) is 0 Å². The summed E-state index contributed by atoms with van der Waals surface area (Å²) in [5, 5.41) is 29.6. The number of hydrogen-bond acceptors (Lipinski definition) is 8. The Morgan fingerprint density at radius 2 is 1.46 bits per heavy atom. The van der Waals surface area contributed by atoms with E-state index in [-0.39, 0.29) is 12.7 Å². The number of aliphatic hydroxyl groups excluding tert-OH is 3. The minimum Gasteiger partial charge on any atom is -0.494 e. The summed E-state index contributed by atoms with van der Waals surface area (Å²) in [6.07, 6.45) is -0.694. The van der Waals surface area contributed by atoms with E-state index in [2.05, 4.69) is 13.8 Å². The van der Waals surface area contributed by atoms with Crippen molar-refractivity contribution in [2.75, 3.05) is 19.8 Å². The summed E-state index contributed by atoms with van der Waals surface area (Å²) >= 11 is 0.